The summed E-state index contributed by atoms with van der Waals surface area (Å²) in [6.07, 6.45) is 1.48. The van der Waals surface area contributed by atoms with Gasteiger partial charge in [-0.25, -0.2) is 9.59 Å². The molecule has 0 aliphatic carbocycles. The van der Waals surface area contributed by atoms with E-state index in [1.165, 1.54) is 0 Å². The molecule has 0 bridgehead atoms. The van der Waals surface area contributed by atoms with Crippen molar-refractivity contribution in [3.05, 3.63) is 35.9 Å². The Morgan fingerprint density at radius 3 is 2.41 bits per heavy atom. The average Bonchev–Trinajstić information content (AvgIpc) is 2.69. The highest BCUT2D eigenvalue weighted by atomic mass is 16.6. The molecule has 1 aromatic carbocycles. The van der Waals surface area contributed by atoms with Crippen molar-refractivity contribution in [2.24, 2.45) is 5.92 Å². The number of carbonyl (C=O) groups excluding carboxylic acids is 2. The molecule has 0 spiro atoms. The van der Waals surface area contributed by atoms with E-state index in [0.717, 1.165) is 18.4 Å². The Morgan fingerprint density at radius 2 is 1.83 bits per heavy atom. The maximum absolute atomic E-state index is 12.5. The van der Waals surface area contributed by atoms with Gasteiger partial charge >= 0.3 is 12.2 Å². The minimum absolute atomic E-state index is 0.0327. The zero-order valence-corrected chi connectivity index (χ0v) is 17.8. The molecule has 1 saturated heterocycles. The summed E-state index contributed by atoms with van der Waals surface area (Å²) in [5.74, 6) is 0.291. The van der Waals surface area contributed by atoms with E-state index in [4.69, 9.17) is 14.6 Å². The molecule has 0 atom stereocenters. The van der Waals surface area contributed by atoms with E-state index in [0.29, 0.717) is 38.5 Å². The third-order valence-electron chi connectivity index (χ3n) is 4.79. The molecule has 7 heteroatoms. The number of hydrogen-bond acceptors (Lipinski definition) is 5. The number of aliphatic hydroxyl groups is 1. The number of likely N-dealkylation sites (tertiary alicyclic amines) is 1. The second-order valence-corrected chi connectivity index (χ2v) is 8.47. The Labute approximate surface area is 173 Å². The van der Waals surface area contributed by atoms with Gasteiger partial charge in [0, 0.05) is 32.8 Å². The molecule has 1 aliphatic heterocycles. The molecule has 1 aromatic rings. The highest BCUT2D eigenvalue weighted by Gasteiger charge is 2.28. The Bertz CT molecular complexity index is 636. The lowest BCUT2D eigenvalue weighted by Gasteiger charge is -2.35. The van der Waals surface area contributed by atoms with Crippen molar-refractivity contribution in [2.45, 2.75) is 52.2 Å². The molecule has 0 aromatic heterocycles. The van der Waals surface area contributed by atoms with E-state index in [-0.39, 0.29) is 25.4 Å². The first kappa shape index (κ1) is 23.0. The maximum Gasteiger partial charge on any atom is 0.410 e. The molecular formula is C22H34N2O5. The third-order valence-corrected chi connectivity index (χ3v) is 4.79. The van der Waals surface area contributed by atoms with E-state index in [1.54, 1.807) is 9.80 Å². The molecule has 2 amide bonds. The Morgan fingerprint density at radius 1 is 1.17 bits per heavy atom. The maximum atomic E-state index is 12.5. The number of aliphatic hydroxyl groups excluding tert-OH is 1. The van der Waals surface area contributed by atoms with Gasteiger partial charge in [-0.2, -0.15) is 0 Å². The van der Waals surface area contributed by atoms with Gasteiger partial charge in [-0.15, -0.1) is 0 Å². The van der Waals surface area contributed by atoms with Gasteiger partial charge in [-0.1, -0.05) is 30.3 Å². The summed E-state index contributed by atoms with van der Waals surface area (Å²) in [6, 6.07) is 9.62. The first-order valence-electron chi connectivity index (χ1n) is 10.3. The zero-order valence-electron chi connectivity index (χ0n) is 17.8. The van der Waals surface area contributed by atoms with Crippen LogP contribution in [0, 0.1) is 5.92 Å². The van der Waals surface area contributed by atoms with Crippen molar-refractivity contribution in [3.63, 3.8) is 0 Å². The average molecular weight is 407 g/mol. The molecule has 0 unspecified atom stereocenters. The second kappa shape index (κ2) is 11.0. The first-order valence-corrected chi connectivity index (χ1v) is 10.3. The minimum atomic E-state index is -0.555. The van der Waals surface area contributed by atoms with Crippen LogP contribution in [0.3, 0.4) is 0 Å². The van der Waals surface area contributed by atoms with Crippen molar-refractivity contribution in [2.75, 3.05) is 32.8 Å². The zero-order chi connectivity index (χ0) is 21.3. The second-order valence-electron chi connectivity index (χ2n) is 8.47. The van der Waals surface area contributed by atoms with Gasteiger partial charge in [0.2, 0.25) is 0 Å². The van der Waals surface area contributed by atoms with Crippen molar-refractivity contribution < 1.29 is 24.2 Å². The molecule has 1 fully saturated rings. The van der Waals surface area contributed by atoms with Crippen molar-refractivity contribution >= 4 is 12.2 Å². The van der Waals surface area contributed by atoms with Crippen LogP contribution in [-0.2, 0) is 16.1 Å². The Kier molecular flexibility index (Phi) is 8.76. The normalized spacial score (nSPS) is 15.1. The summed E-state index contributed by atoms with van der Waals surface area (Å²) in [5, 5.41) is 9.13. The van der Waals surface area contributed by atoms with Gasteiger partial charge in [0.05, 0.1) is 0 Å². The van der Waals surface area contributed by atoms with E-state index in [1.807, 2.05) is 51.1 Å². The van der Waals surface area contributed by atoms with Crippen molar-refractivity contribution in [1.29, 1.82) is 0 Å². The lowest BCUT2D eigenvalue weighted by Crippen LogP contribution is -2.44. The van der Waals surface area contributed by atoms with Crippen LogP contribution in [-0.4, -0.2) is 65.5 Å². The van der Waals surface area contributed by atoms with Crippen molar-refractivity contribution in [1.82, 2.24) is 9.80 Å². The number of ether oxygens (including phenoxy) is 2. The number of rotatable bonds is 7. The summed E-state index contributed by atoms with van der Waals surface area (Å²) in [4.78, 5) is 28.2. The van der Waals surface area contributed by atoms with Crippen molar-refractivity contribution in [3.8, 4) is 0 Å². The third kappa shape index (κ3) is 8.31. The van der Waals surface area contributed by atoms with Crippen LogP contribution in [0.25, 0.3) is 0 Å². The smallest absolute Gasteiger partial charge is 0.410 e. The van der Waals surface area contributed by atoms with Gasteiger partial charge in [0.15, 0.2) is 0 Å². The van der Waals surface area contributed by atoms with E-state index >= 15 is 0 Å². The molecule has 162 valence electrons. The monoisotopic (exact) mass is 406 g/mol. The molecule has 7 nitrogen and oxygen atoms in total. The number of carbonyl (C=O) groups is 2. The summed E-state index contributed by atoms with van der Waals surface area (Å²) in [6.45, 7) is 8.09. The fourth-order valence-electron chi connectivity index (χ4n) is 3.27. The van der Waals surface area contributed by atoms with Gasteiger partial charge in [0.1, 0.15) is 12.2 Å². The Hall–Kier alpha value is -2.28. The molecule has 1 aliphatic rings. The molecular weight excluding hydrogens is 372 g/mol. The van der Waals surface area contributed by atoms with E-state index in [9.17, 15) is 9.59 Å². The lowest BCUT2D eigenvalue weighted by molar-refractivity contribution is 0.0177. The topological polar surface area (TPSA) is 79.3 Å². The molecule has 1 N–H and O–H groups in total. The number of nitrogens with zero attached hydrogens (tertiary/aromatic N) is 2. The largest absolute Gasteiger partial charge is 0.445 e. The molecule has 29 heavy (non-hydrogen) atoms. The molecule has 0 saturated carbocycles. The quantitative estimate of drug-likeness (QED) is 0.748. The standard InChI is InChI=1S/C22H34N2O5/c1-22(2,3)29-21(27)24(12-7-15-25)16-18-10-13-23(14-11-18)20(26)28-17-19-8-5-4-6-9-19/h4-6,8-9,18,25H,7,10-17H2,1-3H3. The van der Waals surface area contributed by atoms with Gasteiger partial charge in [-0.3, -0.25) is 0 Å². The first-order chi connectivity index (χ1) is 13.8. The van der Waals surface area contributed by atoms with Gasteiger partial charge in [-0.05, 0) is 51.5 Å². The molecule has 2 rings (SSSR count). The van der Waals surface area contributed by atoms with Crippen LogP contribution < -0.4 is 0 Å². The van der Waals surface area contributed by atoms with E-state index in [2.05, 4.69) is 0 Å². The highest BCUT2D eigenvalue weighted by Crippen LogP contribution is 2.21. The number of hydrogen-bond donors (Lipinski definition) is 1. The number of amides is 2. The fraction of sp³-hybridized carbons (Fsp3) is 0.636. The predicted octanol–water partition coefficient (Wildman–Crippen LogP) is 3.65. The molecule has 0 radical (unpaired) electrons. The minimum Gasteiger partial charge on any atom is -0.445 e. The highest BCUT2D eigenvalue weighted by molar-refractivity contribution is 5.68. The van der Waals surface area contributed by atoms with Crippen LogP contribution in [0.15, 0.2) is 30.3 Å². The van der Waals surface area contributed by atoms with Crippen LogP contribution in [0.1, 0.15) is 45.6 Å². The van der Waals surface area contributed by atoms with Crippen LogP contribution >= 0.6 is 0 Å². The van der Waals surface area contributed by atoms with Gasteiger partial charge in [0.25, 0.3) is 0 Å². The fourth-order valence-corrected chi connectivity index (χ4v) is 3.27. The number of benzene rings is 1. The molecule has 1 heterocycles. The SMILES string of the molecule is CC(C)(C)OC(=O)N(CCCO)CC1CCN(C(=O)OCc2ccccc2)CC1. The summed E-state index contributed by atoms with van der Waals surface area (Å²) >= 11 is 0. The van der Waals surface area contributed by atoms with Crippen LogP contribution in [0.5, 0.6) is 0 Å². The Balaban J connectivity index is 1.79. The summed E-state index contributed by atoms with van der Waals surface area (Å²) in [5.41, 5.74) is 0.410. The lowest BCUT2D eigenvalue weighted by atomic mass is 9.96. The summed E-state index contributed by atoms with van der Waals surface area (Å²) < 4.78 is 10.9. The summed E-state index contributed by atoms with van der Waals surface area (Å²) in [7, 11) is 0. The van der Waals surface area contributed by atoms with E-state index < -0.39 is 5.60 Å². The van der Waals surface area contributed by atoms with Gasteiger partial charge < -0.3 is 24.4 Å². The number of piperidine rings is 1. The predicted molar refractivity (Wildman–Crippen MR) is 110 cm³/mol. The van der Waals surface area contributed by atoms with Crippen LogP contribution in [0.2, 0.25) is 0 Å². The van der Waals surface area contributed by atoms with Crippen LogP contribution in [0.4, 0.5) is 9.59 Å².